The van der Waals surface area contributed by atoms with Crippen LogP contribution in [-0.2, 0) is 6.61 Å². The molecule has 1 amide bonds. The molecule has 1 aromatic heterocycles. The Hall–Kier alpha value is -3.62. The molecule has 0 bridgehead atoms. The van der Waals surface area contributed by atoms with Crippen LogP contribution in [0.2, 0.25) is 0 Å². The monoisotopic (exact) mass is 562 g/mol. The minimum absolute atomic E-state index is 0.0898. The minimum atomic E-state index is -0.612. The summed E-state index contributed by atoms with van der Waals surface area (Å²) in [5, 5.41) is 0.426. The summed E-state index contributed by atoms with van der Waals surface area (Å²) in [7, 11) is 5.46. The number of hydrogen-bond acceptors (Lipinski definition) is 6. The quantitative estimate of drug-likeness (QED) is 0.292. The fraction of sp³-hybridized carbons (Fsp3) is 0.241. The Morgan fingerprint density at radius 2 is 1.78 bits per heavy atom. The van der Waals surface area contributed by atoms with Crippen LogP contribution in [0, 0.1) is 0 Å². The summed E-state index contributed by atoms with van der Waals surface area (Å²) in [5.74, 6) is 0.892. The lowest BCUT2D eigenvalue weighted by atomic mass is 9.98. The number of benzene rings is 3. The van der Waals surface area contributed by atoms with E-state index in [2.05, 4.69) is 15.9 Å². The number of carbonyl (C=O) groups is 1. The van der Waals surface area contributed by atoms with Gasteiger partial charge in [0.2, 0.25) is 5.76 Å². The van der Waals surface area contributed by atoms with Gasteiger partial charge in [0, 0.05) is 17.6 Å². The summed E-state index contributed by atoms with van der Waals surface area (Å²) in [6.07, 6.45) is 0. The second-order valence-corrected chi connectivity index (χ2v) is 10.1. The Labute approximate surface area is 223 Å². The predicted molar refractivity (Wildman–Crippen MR) is 145 cm³/mol. The first-order chi connectivity index (χ1) is 17.9. The van der Waals surface area contributed by atoms with Gasteiger partial charge in [-0.2, -0.15) is 0 Å². The van der Waals surface area contributed by atoms with Crippen molar-refractivity contribution >= 4 is 32.8 Å². The van der Waals surface area contributed by atoms with Crippen LogP contribution < -0.4 is 14.9 Å². The second kappa shape index (κ2) is 10.4. The first kappa shape index (κ1) is 25.0. The molecule has 0 saturated carbocycles. The number of rotatable bonds is 8. The van der Waals surface area contributed by atoms with Crippen LogP contribution >= 0.6 is 15.9 Å². The van der Waals surface area contributed by atoms with E-state index >= 15 is 0 Å². The van der Waals surface area contributed by atoms with Gasteiger partial charge in [0.1, 0.15) is 12.2 Å². The molecule has 0 fully saturated rings. The maximum Gasteiger partial charge on any atom is 0.290 e. The van der Waals surface area contributed by atoms with Gasteiger partial charge in [-0.05, 0) is 55.6 Å². The zero-order valence-corrected chi connectivity index (χ0v) is 22.4. The van der Waals surface area contributed by atoms with E-state index in [0.717, 1.165) is 15.6 Å². The summed E-state index contributed by atoms with van der Waals surface area (Å²) >= 11 is 3.44. The van der Waals surface area contributed by atoms with Crippen molar-refractivity contribution in [3.8, 4) is 11.5 Å². The molecule has 8 heteroatoms. The van der Waals surface area contributed by atoms with Crippen molar-refractivity contribution in [1.29, 1.82) is 0 Å². The van der Waals surface area contributed by atoms with Crippen molar-refractivity contribution in [2.24, 2.45) is 0 Å². The summed E-state index contributed by atoms with van der Waals surface area (Å²) in [6.45, 7) is 1.44. The zero-order valence-electron chi connectivity index (χ0n) is 20.9. The highest BCUT2D eigenvalue weighted by molar-refractivity contribution is 9.10. The molecular formula is C29H27BrN2O5. The average Bonchev–Trinajstić information content (AvgIpc) is 3.18. The lowest BCUT2D eigenvalue weighted by Crippen LogP contribution is -2.35. The third kappa shape index (κ3) is 4.86. The number of likely N-dealkylation sites (N-methyl/N-ethyl adjacent to an activating group) is 1. The molecule has 4 aromatic rings. The maximum atomic E-state index is 13.7. The smallest absolute Gasteiger partial charge is 0.290 e. The van der Waals surface area contributed by atoms with Crippen molar-refractivity contribution < 1.29 is 18.7 Å². The molecule has 1 unspecified atom stereocenters. The Bertz CT molecular complexity index is 1520. The number of hydrogen-bond donors (Lipinski definition) is 0. The van der Waals surface area contributed by atoms with Crippen molar-refractivity contribution in [2.45, 2.75) is 12.6 Å². The van der Waals surface area contributed by atoms with Gasteiger partial charge in [-0.1, -0.05) is 52.3 Å². The number of carbonyl (C=O) groups excluding carboxylic acids is 1. The number of amides is 1. The SMILES string of the molecule is COc1cc(C2c3c(oc4ccc(Br)cc4c3=O)C(=O)N2CCN(C)C)ccc1OCc1ccccc1. The standard InChI is InChI=1S/C29H27BrN2O5/c1-31(2)13-14-32-26(25-27(33)21-16-20(30)10-12-22(21)37-28(25)29(32)34)19-9-11-23(24(15-19)35-3)36-17-18-7-5-4-6-8-18/h4-12,15-16,26H,13-14,17H2,1-3H3. The molecule has 5 rings (SSSR count). The fourth-order valence-electron chi connectivity index (χ4n) is 4.59. The van der Waals surface area contributed by atoms with Crippen LogP contribution in [0.5, 0.6) is 11.5 Å². The van der Waals surface area contributed by atoms with Gasteiger partial charge < -0.3 is 23.7 Å². The normalized spacial score (nSPS) is 14.9. The van der Waals surface area contributed by atoms with Crippen molar-refractivity contribution in [3.05, 3.63) is 104 Å². The molecule has 0 N–H and O–H groups in total. The van der Waals surface area contributed by atoms with Crippen molar-refractivity contribution in [3.63, 3.8) is 0 Å². The summed E-state index contributed by atoms with van der Waals surface area (Å²) in [4.78, 5) is 31.0. The van der Waals surface area contributed by atoms with Gasteiger partial charge in [-0.25, -0.2) is 0 Å². The highest BCUT2D eigenvalue weighted by atomic mass is 79.9. The molecule has 1 aliphatic heterocycles. The molecule has 7 nitrogen and oxygen atoms in total. The highest BCUT2D eigenvalue weighted by Crippen LogP contribution is 2.41. The maximum absolute atomic E-state index is 13.7. The van der Waals surface area contributed by atoms with Gasteiger partial charge in [0.05, 0.1) is 24.1 Å². The molecule has 37 heavy (non-hydrogen) atoms. The van der Waals surface area contributed by atoms with Gasteiger partial charge in [0.25, 0.3) is 5.91 Å². The summed E-state index contributed by atoms with van der Waals surface area (Å²) in [5.41, 5.74) is 2.29. The van der Waals surface area contributed by atoms with E-state index in [0.29, 0.717) is 47.7 Å². The Morgan fingerprint density at radius 3 is 2.51 bits per heavy atom. The Kier molecular flexibility index (Phi) is 7.04. The lowest BCUT2D eigenvalue weighted by molar-refractivity contribution is 0.0716. The molecule has 3 aromatic carbocycles. The third-order valence-electron chi connectivity index (χ3n) is 6.46. The fourth-order valence-corrected chi connectivity index (χ4v) is 4.95. The van der Waals surface area contributed by atoms with Gasteiger partial charge in [-0.3, -0.25) is 9.59 Å². The zero-order chi connectivity index (χ0) is 26.1. The number of methoxy groups -OCH3 is 1. The molecule has 0 saturated heterocycles. The van der Waals surface area contributed by atoms with E-state index < -0.39 is 6.04 Å². The van der Waals surface area contributed by atoms with Crippen molar-refractivity contribution in [2.75, 3.05) is 34.3 Å². The highest BCUT2D eigenvalue weighted by Gasteiger charge is 2.42. The number of ether oxygens (including phenoxy) is 2. The van der Waals surface area contributed by atoms with Gasteiger partial charge in [0.15, 0.2) is 16.9 Å². The first-order valence-corrected chi connectivity index (χ1v) is 12.7. The van der Waals surface area contributed by atoms with Crippen LogP contribution in [0.4, 0.5) is 0 Å². The average molecular weight is 563 g/mol. The van der Waals surface area contributed by atoms with E-state index in [1.807, 2.05) is 67.5 Å². The number of nitrogens with zero attached hydrogens (tertiary/aromatic N) is 2. The predicted octanol–water partition coefficient (Wildman–Crippen LogP) is 5.25. The van der Waals surface area contributed by atoms with Crippen LogP contribution in [0.15, 0.2) is 80.4 Å². The van der Waals surface area contributed by atoms with Crippen LogP contribution in [0.25, 0.3) is 11.0 Å². The Balaban J connectivity index is 1.58. The van der Waals surface area contributed by atoms with E-state index in [1.54, 1.807) is 30.2 Å². The van der Waals surface area contributed by atoms with Gasteiger partial charge in [-0.15, -0.1) is 0 Å². The molecule has 0 radical (unpaired) electrons. The molecule has 1 atom stereocenters. The molecule has 190 valence electrons. The summed E-state index contributed by atoms with van der Waals surface area (Å²) in [6, 6.07) is 20.0. The van der Waals surface area contributed by atoms with E-state index in [1.165, 1.54) is 0 Å². The molecule has 2 heterocycles. The minimum Gasteiger partial charge on any atom is -0.493 e. The topological polar surface area (TPSA) is 72.2 Å². The van der Waals surface area contributed by atoms with Crippen LogP contribution in [0.1, 0.15) is 33.3 Å². The van der Waals surface area contributed by atoms with E-state index in [-0.39, 0.29) is 17.1 Å². The van der Waals surface area contributed by atoms with Crippen LogP contribution in [0.3, 0.4) is 0 Å². The summed E-state index contributed by atoms with van der Waals surface area (Å²) < 4.78 is 18.5. The van der Waals surface area contributed by atoms with Crippen molar-refractivity contribution in [1.82, 2.24) is 9.80 Å². The molecular weight excluding hydrogens is 536 g/mol. The molecule has 1 aliphatic rings. The van der Waals surface area contributed by atoms with Crippen LogP contribution in [-0.4, -0.2) is 50.0 Å². The molecule has 0 aliphatic carbocycles. The second-order valence-electron chi connectivity index (χ2n) is 9.20. The third-order valence-corrected chi connectivity index (χ3v) is 6.95. The largest absolute Gasteiger partial charge is 0.493 e. The van der Waals surface area contributed by atoms with E-state index in [4.69, 9.17) is 13.9 Å². The first-order valence-electron chi connectivity index (χ1n) is 11.9. The number of fused-ring (bicyclic) bond motifs is 2. The lowest BCUT2D eigenvalue weighted by Gasteiger charge is -2.27. The molecule has 0 spiro atoms. The van der Waals surface area contributed by atoms with Gasteiger partial charge >= 0.3 is 0 Å². The Morgan fingerprint density at radius 1 is 1.00 bits per heavy atom. The number of halogens is 1. The van der Waals surface area contributed by atoms with E-state index in [9.17, 15) is 9.59 Å².